The van der Waals surface area contributed by atoms with Crippen molar-refractivity contribution in [1.29, 1.82) is 0 Å². The number of rotatable bonds is 11. The van der Waals surface area contributed by atoms with Crippen LogP contribution in [0.15, 0.2) is 30.3 Å². The van der Waals surface area contributed by atoms with Crippen molar-refractivity contribution < 1.29 is 19.0 Å². The predicted molar refractivity (Wildman–Crippen MR) is 79.6 cm³/mol. The van der Waals surface area contributed by atoms with Gasteiger partial charge in [0.1, 0.15) is 5.54 Å². The van der Waals surface area contributed by atoms with Gasteiger partial charge in [-0.2, -0.15) is 0 Å². The summed E-state index contributed by atoms with van der Waals surface area (Å²) >= 11 is 0. The van der Waals surface area contributed by atoms with Crippen LogP contribution < -0.4 is 11.5 Å². The van der Waals surface area contributed by atoms with Gasteiger partial charge >= 0.3 is 0 Å². The van der Waals surface area contributed by atoms with Crippen LogP contribution in [0.1, 0.15) is 12.0 Å². The summed E-state index contributed by atoms with van der Waals surface area (Å²) in [6.07, 6.45) is 0.716. The van der Waals surface area contributed by atoms with E-state index in [9.17, 15) is 4.79 Å². The van der Waals surface area contributed by atoms with Crippen LogP contribution in [0.2, 0.25) is 0 Å². The highest BCUT2D eigenvalue weighted by Crippen LogP contribution is 2.18. The van der Waals surface area contributed by atoms with Gasteiger partial charge in [-0.05, 0) is 12.0 Å². The quantitative estimate of drug-likeness (QED) is 0.576. The SMILES string of the molecule is COCCOCCCOCC(N)(C(N)=O)c1ccccc1. The topological polar surface area (TPSA) is 96.8 Å². The molecule has 1 rings (SSSR count). The van der Waals surface area contributed by atoms with Crippen molar-refractivity contribution in [2.45, 2.75) is 12.0 Å². The number of carbonyl (C=O) groups is 1. The van der Waals surface area contributed by atoms with Gasteiger partial charge < -0.3 is 25.7 Å². The summed E-state index contributed by atoms with van der Waals surface area (Å²) in [6, 6.07) is 9.00. The average molecular weight is 296 g/mol. The fraction of sp³-hybridized carbons (Fsp3) is 0.533. The van der Waals surface area contributed by atoms with E-state index in [1.807, 2.05) is 18.2 Å². The Kier molecular flexibility index (Phi) is 7.92. The summed E-state index contributed by atoms with van der Waals surface area (Å²) in [4.78, 5) is 11.6. The Morgan fingerprint density at radius 2 is 1.76 bits per heavy atom. The fourth-order valence-electron chi connectivity index (χ4n) is 1.77. The number of hydrogen-bond acceptors (Lipinski definition) is 5. The Bertz CT molecular complexity index is 413. The molecule has 1 atom stereocenters. The van der Waals surface area contributed by atoms with Gasteiger partial charge in [0.05, 0.1) is 19.8 Å². The predicted octanol–water partition coefficient (Wildman–Crippen LogP) is 0.396. The van der Waals surface area contributed by atoms with E-state index in [1.54, 1.807) is 19.2 Å². The molecule has 0 saturated carbocycles. The Hall–Kier alpha value is -1.47. The fourth-order valence-corrected chi connectivity index (χ4v) is 1.77. The molecule has 6 nitrogen and oxygen atoms in total. The number of carbonyl (C=O) groups excluding carboxylic acids is 1. The van der Waals surface area contributed by atoms with Gasteiger partial charge in [0.15, 0.2) is 0 Å². The minimum absolute atomic E-state index is 0.0460. The smallest absolute Gasteiger partial charge is 0.244 e. The van der Waals surface area contributed by atoms with Crippen molar-refractivity contribution in [1.82, 2.24) is 0 Å². The molecule has 1 aromatic carbocycles. The summed E-state index contributed by atoms with van der Waals surface area (Å²) in [5.74, 6) is -0.606. The molecule has 118 valence electrons. The summed E-state index contributed by atoms with van der Waals surface area (Å²) in [5.41, 5.74) is 10.9. The summed E-state index contributed by atoms with van der Waals surface area (Å²) in [6.45, 7) is 2.20. The van der Waals surface area contributed by atoms with E-state index < -0.39 is 11.4 Å². The monoisotopic (exact) mass is 296 g/mol. The number of benzene rings is 1. The molecule has 0 aliphatic rings. The minimum Gasteiger partial charge on any atom is -0.382 e. The van der Waals surface area contributed by atoms with E-state index in [-0.39, 0.29) is 6.61 Å². The zero-order valence-corrected chi connectivity index (χ0v) is 12.4. The van der Waals surface area contributed by atoms with Crippen LogP contribution in [-0.4, -0.2) is 46.1 Å². The van der Waals surface area contributed by atoms with Crippen LogP contribution >= 0.6 is 0 Å². The van der Waals surface area contributed by atoms with Crippen LogP contribution in [0.3, 0.4) is 0 Å². The van der Waals surface area contributed by atoms with Crippen LogP contribution in [0, 0.1) is 0 Å². The number of nitrogens with two attached hydrogens (primary N) is 2. The molecule has 6 heteroatoms. The van der Waals surface area contributed by atoms with Crippen LogP contribution in [-0.2, 0) is 24.5 Å². The molecule has 0 saturated heterocycles. The van der Waals surface area contributed by atoms with E-state index in [4.69, 9.17) is 25.7 Å². The number of ether oxygens (including phenoxy) is 3. The molecule has 0 bridgehead atoms. The lowest BCUT2D eigenvalue weighted by molar-refractivity contribution is -0.125. The first kappa shape index (κ1) is 17.6. The number of methoxy groups -OCH3 is 1. The number of hydrogen-bond donors (Lipinski definition) is 2. The Morgan fingerprint density at radius 3 is 2.38 bits per heavy atom. The second kappa shape index (κ2) is 9.46. The molecule has 0 heterocycles. The first-order chi connectivity index (χ1) is 10.1. The highest BCUT2D eigenvalue weighted by atomic mass is 16.5. The van der Waals surface area contributed by atoms with Gasteiger partial charge in [0.25, 0.3) is 0 Å². The maximum absolute atomic E-state index is 11.6. The van der Waals surface area contributed by atoms with Gasteiger partial charge in [-0.1, -0.05) is 30.3 Å². The minimum atomic E-state index is -1.31. The van der Waals surface area contributed by atoms with Gasteiger partial charge in [-0.3, -0.25) is 4.79 Å². The maximum atomic E-state index is 11.6. The zero-order chi connectivity index (χ0) is 15.6. The van der Waals surface area contributed by atoms with Gasteiger partial charge in [0, 0.05) is 20.3 Å². The number of amides is 1. The third-order valence-corrected chi connectivity index (χ3v) is 3.07. The van der Waals surface area contributed by atoms with Crippen molar-refractivity contribution in [2.24, 2.45) is 11.5 Å². The van der Waals surface area contributed by atoms with Gasteiger partial charge in [-0.15, -0.1) is 0 Å². The molecule has 1 amide bonds. The molecule has 0 radical (unpaired) electrons. The molecular weight excluding hydrogens is 272 g/mol. The summed E-state index contributed by atoms with van der Waals surface area (Å²) < 4.78 is 15.7. The zero-order valence-electron chi connectivity index (χ0n) is 12.4. The van der Waals surface area contributed by atoms with Crippen LogP contribution in [0.25, 0.3) is 0 Å². The molecule has 21 heavy (non-hydrogen) atoms. The summed E-state index contributed by atoms with van der Waals surface area (Å²) in [5, 5.41) is 0. The third-order valence-electron chi connectivity index (χ3n) is 3.07. The van der Waals surface area contributed by atoms with Crippen molar-refractivity contribution in [3.05, 3.63) is 35.9 Å². The van der Waals surface area contributed by atoms with E-state index in [0.717, 1.165) is 0 Å². The highest BCUT2D eigenvalue weighted by Gasteiger charge is 2.34. The lowest BCUT2D eigenvalue weighted by Crippen LogP contribution is -2.52. The van der Waals surface area contributed by atoms with Crippen molar-refractivity contribution in [2.75, 3.05) is 40.1 Å². The van der Waals surface area contributed by atoms with Crippen molar-refractivity contribution >= 4 is 5.91 Å². The lowest BCUT2D eigenvalue weighted by Gasteiger charge is -2.26. The maximum Gasteiger partial charge on any atom is 0.244 e. The second-order valence-corrected chi connectivity index (χ2v) is 4.71. The molecule has 4 N–H and O–H groups in total. The Morgan fingerprint density at radius 1 is 1.10 bits per heavy atom. The molecule has 1 aromatic rings. The van der Waals surface area contributed by atoms with Gasteiger partial charge in [-0.25, -0.2) is 0 Å². The molecule has 0 spiro atoms. The van der Waals surface area contributed by atoms with E-state index in [1.165, 1.54) is 0 Å². The largest absolute Gasteiger partial charge is 0.382 e. The first-order valence-corrected chi connectivity index (χ1v) is 6.90. The molecule has 0 fully saturated rings. The van der Waals surface area contributed by atoms with E-state index in [2.05, 4.69) is 0 Å². The molecule has 0 aromatic heterocycles. The Labute approximate surface area is 125 Å². The average Bonchev–Trinajstić information content (AvgIpc) is 2.50. The van der Waals surface area contributed by atoms with Gasteiger partial charge in [0.2, 0.25) is 5.91 Å². The number of primary amides is 1. The van der Waals surface area contributed by atoms with E-state index in [0.29, 0.717) is 38.4 Å². The van der Waals surface area contributed by atoms with Crippen molar-refractivity contribution in [3.63, 3.8) is 0 Å². The second-order valence-electron chi connectivity index (χ2n) is 4.71. The molecule has 0 aliphatic heterocycles. The van der Waals surface area contributed by atoms with Crippen LogP contribution in [0.5, 0.6) is 0 Å². The molecule has 1 unspecified atom stereocenters. The normalized spacial score (nSPS) is 13.8. The third kappa shape index (κ3) is 5.81. The summed E-state index contributed by atoms with van der Waals surface area (Å²) in [7, 11) is 1.63. The Balaban J connectivity index is 2.34. The highest BCUT2D eigenvalue weighted by molar-refractivity contribution is 5.86. The molecular formula is C15H24N2O4. The lowest BCUT2D eigenvalue weighted by atomic mass is 9.91. The van der Waals surface area contributed by atoms with E-state index >= 15 is 0 Å². The standard InChI is InChI=1S/C15H24N2O4/c1-19-10-11-20-8-5-9-21-12-15(17,14(16)18)13-6-3-2-4-7-13/h2-4,6-7H,5,8-12,17H2,1H3,(H2,16,18). The van der Waals surface area contributed by atoms with Crippen LogP contribution in [0.4, 0.5) is 0 Å². The molecule has 0 aliphatic carbocycles. The first-order valence-electron chi connectivity index (χ1n) is 6.90. The van der Waals surface area contributed by atoms with Crippen molar-refractivity contribution in [3.8, 4) is 0 Å².